The van der Waals surface area contributed by atoms with Crippen molar-refractivity contribution in [2.75, 3.05) is 0 Å². The Morgan fingerprint density at radius 3 is 0.876 bits per heavy atom. The number of fused-ring (bicyclic) bond motifs is 5. The number of hydrogen-bond acceptors (Lipinski definition) is 24. The highest BCUT2D eigenvalue weighted by Gasteiger charge is 2.31. The van der Waals surface area contributed by atoms with Gasteiger partial charge in [-0.3, -0.25) is 38.4 Å². The van der Waals surface area contributed by atoms with E-state index in [2.05, 4.69) is 0 Å². The molecule has 8 N–H and O–H groups in total. The van der Waals surface area contributed by atoms with Crippen molar-refractivity contribution in [1.29, 1.82) is 0 Å². The van der Waals surface area contributed by atoms with Gasteiger partial charge in [-0.15, -0.1) is 0 Å². The number of esters is 8. The van der Waals surface area contributed by atoms with Crippen molar-refractivity contribution in [3.05, 3.63) is 254 Å². The highest BCUT2D eigenvalue weighted by Crippen LogP contribution is 2.39. The van der Waals surface area contributed by atoms with Crippen molar-refractivity contribution in [2.45, 2.75) is 197 Å². The third-order valence-electron chi connectivity index (χ3n) is 23.4. The quantitative estimate of drug-likeness (QED) is 0.0206. The molecule has 24 heteroatoms. The van der Waals surface area contributed by atoms with Crippen molar-refractivity contribution in [3.8, 4) is 92.0 Å². The second-order valence-electron chi connectivity index (χ2n) is 35.2. The van der Waals surface area contributed by atoms with E-state index < -0.39 is 16.2 Å². The van der Waals surface area contributed by atoms with Crippen LogP contribution in [0.25, 0.3) is 53.9 Å². The summed E-state index contributed by atoms with van der Waals surface area (Å²) in [6.45, 7) is 39.5. The van der Waals surface area contributed by atoms with E-state index in [1.165, 1.54) is 24.3 Å². The molecule has 5 atom stereocenters. The molecule has 728 valence electrons. The van der Waals surface area contributed by atoms with E-state index in [-0.39, 0.29) is 123 Å². The van der Waals surface area contributed by atoms with Gasteiger partial charge in [0.05, 0.1) is 45.8 Å². The SMILES string of the molecule is CCC(C)(C)C(=O)Oc1ccc(O)c2ccccc12.CCC(C)(C)C(=O)Oc1ccc(O)cc1.CCC(C)(C)C(=O)Oc1ccc2cc(O)ccc2c1.CCC(C)C(=O)Oc1cc(C)c(O)c(C)c1.CCC(C)C(=O)Oc1ccc(O)c2ccccc12.CCC(C)C(=O)Oc1ccc(O)cc1.CCC(C)C(=O)Oc1ccc2cc(O)ccc2c1.CCC(C)C(=O)Oc1cccc2c(O)cccc12. The first-order valence-electron chi connectivity index (χ1n) is 46.0. The summed E-state index contributed by atoms with van der Waals surface area (Å²) in [4.78, 5) is 93.9. The number of benzene rings is 13. The van der Waals surface area contributed by atoms with Crippen LogP contribution in [0.3, 0.4) is 0 Å². The van der Waals surface area contributed by atoms with Crippen molar-refractivity contribution in [3.63, 3.8) is 0 Å². The molecule has 0 saturated carbocycles. The second-order valence-corrected chi connectivity index (χ2v) is 35.2. The topological polar surface area (TPSA) is 372 Å². The van der Waals surface area contributed by atoms with E-state index in [0.717, 1.165) is 82.6 Å². The highest BCUT2D eigenvalue weighted by atomic mass is 16.6. The number of rotatable bonds is 24. The predicted molar refractivity (Wildman–Crippen MR) is 536 cm³/mol. The molecule has 0 aliphatic carbocycles. The lowest BCUT2D eigenvalue weighted by molar-refractivity contribution is -0.144. The highest BCUT2D eigenvalue weighted by molar-refractivity contribution is 5.98. The molecular weight excluding hydrogens is 1740 g/mol. The Balaban J connectivity index is 0.000000241. The Bertz CT molecular complexity index is 6150. The average Bonchev–Trinajstić information content (AvgIpc) is 0.779. The minimum Gasteiger partial charge on any atom is -0.508 e. The number of ether oxygens (including phenoxy) is 8. The van der Waals surface area contributed by atoms with Gasteiger partial charge in [-0.25, -0.2) is 0 Å². The first-order valence-corrected chi connectivity index (χ1v) is 46.0. The van der Waals surface area contributed by atoms with Gasteiger partial charge < -0.3 is 78.7 Å². The summed E-state index contributed by atoms with van der Waals surface area (Å²) in [6, 6.07) is 67.9. The summed E-state index contributed by atoms with van der Waals surface area (Å²) in [5.74, 6) is 3.10. The average molecular weight is 1870 g/mol. The number of aromatic hydroxyl groups is 8. The second kappa shape index (κ2) is 52.8. The minimum absolute atomic E-state index is 0.0937. The molecule has 0 fully saturated rings. The van der Waals surface area contributed by atoms with E-state index in [1.54, 1.807) is 178 Å². The minimum atomic E-state index is -0.515. The smallest absolute Gasteiger partial charge is 0.316 e. The fourth-order valence-electron chi connectivity index (χ4n) is 11.7. The van der Waals surface area contributed by atoms with Gasteiger partial charge in [0.1, 0.15) is 92.0 Å². The van der Waals surface area contributed by atoms with E-state index in [9.17, 15) is 69.0 Å². The maximum Gasteiger partial charge on any atom is 0.316 e. The number of aryl methyl sites for hydroxylation is 2. The molecular formula is C113H132O24. The van der Waals surface area contributed by atoms with Crippen LogP contribution in [0.15, 0.2) is 243 Å². The third kappa shape index (κ3) is 33.7. The van der Waals surface area contributed by atoms with Crippen molar-refractivity contribution in [1.82, 2.24) is 0 Å². The summed E-state index contributed by atoms with van der Waals surface area (Å²) in [5.41, 5.74) is -0.0419. The summed E-state index contributed by atoms with van der Waals surface area (Å²) in [5, 5.41) is 83.7. The van der Waals surface area contributed by atoms with Crippen LogP contribution in [0, 0.1) is 59.7 Å². The standard InChI is InChI=1S/2C16H18O3.3C15H16O3.C13H18O3.C12H16O3.C11H14O3/c1-4-16(2,3)15(18)19-14-8-6-11-9-13(17)7-5-12(11)10-14;1-4-16(2,3)15(18)19-14-10-9-13(17)11-7-5-6-8-12(11)14;1-3-10(2)15(17)18-14-9-5-6-11-12(14)7-4-8-13(11)16;1-3-10(2)15(17)18-14-7-5-11-8-13(16)6-4-12(11)9-14;1-3-10(2)15(17)18-14-9-8-13(16)11-6-4-5-7-12(11)14;1-5-8(2)13(15)16-11-6-9(3)12(14)10(4)7-11;1-4-12(2,3)11(14)15-10-7-5-9(13)6-8-10;1-3-8(2)11(13)14-10-6-4-9(12)5-7-10/h2*5-10,17H,4H2,1-3H3;3*4-10,16H,3H2,1-2H3;6-8,14H,5H2,1-4H3;5-8,13H,4H2,1-3H3;4-8,12H,3H2,1-2H3. The van der Waals surface area contributed by atoms with Gasteiger partial charge in [-0.1, -0.05) is 187 Å². The van der Waals surface area contributed by atoms with Crippen LogP contribution in [0.2, 0.25) is 0 Å². The molecule has 0 amide bonds. The molecule has 0 saturated heterocycles. The third-order valence-corrected chi connectivity index (χ3v) is 23.4. The van der Waals surface area contributed by atoms with Crippen LogP contribution in [0.5, 0.6) is 92.0 Å². The van der Waals surface area contributed by atoms with Gasteiger partial charge in [-0.05, 0) is 285 Å². The zero-order valence-corrected chi connectivity index (χ0v) is 82.2. The summed E-state index contributed by atoms with van der Waals surface area (Å²) in [7, 11) is 0. The molecule has 24 nitrogen and oxygen atoms in total. The van der Waals surface area contributed by atoms with E-state index in [4.69, 9.17) is 48.1 Å². The molecule has 0 radical (unpaired) electrons. The van der Waals surface area contributed by atoms with E-state index in [0.29, 0.717) is 79.7 Å². The number of carbonyl (C=O) groups excluding carboxylic acids is 8. The molecule has 0 spiro atoms. The van der Waals surface area contributed by atoms with Crippen LogP contribution in [-0.4, -0.2) is 88.6 Å². The molecule has 0 aliphatic rings. The Morgan fingerprint density at radius 2 is 0.504 bits per heavy atom. The van der Waals surface area contributed by atoms with E-state index >= 15 is 0 Å². The van der Waals surface area contributed by atoms with Crippen LogP contribution in [0.1, 0.15) is 194 Å². The number of hydrogen-bond donors (Lipinski definition) is 8. The number of carbonyl (C=O) groups is 8. The fraction of sp³-hybridized carbons (Fsp3) is 0.327. The number of phenolic OH excluding ortho intramolecular Hbond substituents is 8. The van der Waals surface area contributed by atoms with Crippen LogP contribution in [-0.2, 0) is 38.4 Å². The normalized spacial score (nSPS) is 11.9. The summed E-state index contributed by atoms with van der Waals surface area (Å²) >= 11 is 0. The first kappa shape index (κ1) is 111. The van der Waals surface area contributed by atoms with Crippen molar-refractivity contribution in [2.24, 2.45) is 45.8 Å². The zero-order chi connectivity index (χ0) is 102. The first-order chi connectivity index (χ1) is 64.8. The van der Waals surface area contributed by atoms with Crippen LogP contribution in [0.4, 0.5) is 0 Å². The summed E-state index contributed by atoms with van der Waals surface area (Å²) < 4.78 is 42.5. The molecule has 0 heterocycles. The predicted octanol–water partition coefficient (Wildman–Crippen LogP) is 26.3. The summed E-state index contributed by atoms with van der Waals surface area (Å²) in [6.07, 6.45) is 5.94. The molecule has 13 rings (SSSR count). The molecule has 0 bridgehead atoms. The lowest BCUT2D eigenvalue weighted by atomic mass is 9.90. The monoisotopic (exact) mass is 1870 g/mol. The Kier molecular flexibility index (Phi) is 42.8. The zero-order valence-electron chi connectivity index (χ0n) is 82.2. The van der Waals surface area contributed by atoms with Gasteiger partial charge >= 0.3 is 47.8 Å². The van der Waals surface area contributed by atoms with Gasteiger partial charge in [-0.2, -0.15) is 0 Å². The van der Waals surface area contributed by atoms with Crippen LogP contribution < -0.4 is 37.9 Å². The molecule has 13 aromatic rings. The van der Waals surface area contributed by atoms with Gasteiger partial charge in [0.15, 0.2) is 0 Å². The number of phenols is 8. The fourth-order valence-corrected chi connectivity index (χ4v) is 11.7. The Hall–Kier alpha value is -14.7. The van der Waals surface area contributed by atoms with Gasteiger partial charge in [0.25, 0.3) is 0 Å². The van der Waals surface area contributed by atoms with Gasteiger partial charge in [0, 0.05) is 32.3 Å². The van der Waals surface area contributed by atoms with Crippen molar-refractivity contribution < 1.29 is 117 Å². The Labute approximate surface area is 802 Å². The van der Waals surface area contributed by atoms with E-state index in [1.807, 2.05) is 186 Å². The van der Waals surface area contributed by atoms with Crippen LogP contribution >= 0.6 is 0 Å². The lowest BCUT2D eigenvalue weighted by Crippen LogP contribution is -2.28. The van der Waals surface area contributed by atoms with Gasteiger partial charge in [0.2, 0.25) is 0 Å². The maximum atomic E-state index is 12.1. The largest absolute Gasteiger partial charge is 0.508 e. The molecule has 137 heavy (non-hydrogen) atoms. The molecule has 0 aliphatic heterocycles. The molecule has 0 aromatic heterocycles. The van der Waals surface area contributed by atoms with Crippen molar-refractivity contribution >= 4 is 102 Å². The maximum absolute atomic E-state index is 12.1. The molecule has 13 aromatic carbocycles. The lowest BCUT2D eigenvalue weighted by Gasteiger charge is -2.20. The molecule has 5 unspecified atom stereocenters. The Morgan fingerprint density at radius 1 is 0.248 bits per heavy atom.